The standard InChI is InChI=1S/C11H17N3/c1-7-5-9-3-4-10-6-8(2)13-11(12-7)14(9)10/h7,9-10H,3-6H2,1-2H3/p+1/t7-,9+,10-/m0/s1. The molecule has 0 aromatic carbocycles. The molecule has 0 aromatic heterocycles. The molecule has 3 nitrogen and oxygen atoms in total. The molecule has 0 amide bonds. The smallest absolute Gasteiger partial charge is 0.272 e. The van der Waals surface area contributed by atoms with Gasteiger partial charge in [0.05, 0.1) is 23.8 Å². The van der Waals surface area contributed by atoms with E-state index in [1.807, 2.05) is 0 Å². The molecule has 3 atom stereocenters. The molecule has 1 fully saturated rings. The summed E-state index contributed by atoms with van der Waals surface area (Å²) in [6.07, 6.45) is 5.18. The van der Waals surface area contributed by atoms with Crippen molar-refractivity contribution in [2.75, 3.05) is 0 Å². The molecule has 3 aliphatic heterocycles. The summed E-state index contributed by atoms with van der Waals surface area (Å²) < 4.78 is 2.53. The second-order valence-corrected chi connectivity index (χ2v) is 4.95. The lowest BCUT2D eigenvalue weighted by Gasteiger charge is -2.28. The van der Waals surface area contributed by atoms with Crippen molar-refractivity contribution in [3.8, 4) is 0 Å². The maximum Gasteiger partial charge on any atom is 0.387 e. The summed E-state index contributed by atoms with van der Waals surface area (Å²) >= 11 is 0. The van der Waals surface area contributed by atoms with Crippen LogP contribution in [0.25, 0.3) is 0 Å². The van der Waals surface area contributed by atoms with Crippen molar-refractivity contribution in [3.63, 3.8) is 0 Å². The lowest BCUT2D eigenvalue weighted by molar-refractivity contribution is -0.586. The monoisotopic (exact) mass is 192 g/mol. The van der Waals surface area contributed by atoms with E-state index in [1.54, 1.807) is 0 Å². The van der Waals surface area contributed by atoms with Crippen LogP contribution >= 0.6 is 0 Å². The van der Waals surface area contributed by atoms with Gasteiger partial charge >= 0.3 is 5.96 Å². The Morgan fingerprint density at radius 1 is 1.36 bits per heavy atom. The van der Waals surface area contributed by atoms with E-state index in [0.29, 0.717) is 6.04 Å². The predicted octanol–water partition coefficient (Wildman–Crippen LogP) is 1.13. The van der Waals surface area contributed by atoms with Crippen LogP contribution in [0.2, 0.25) is 0 Å². The Hall–Kier alpha value is -0.860. The van der Waals surface area contributed by atoms with Crippen molar-refractivity contribution >= 4 is 11.7 Å². The quantitative estimate of drug-likeness (QED) is 0.572. The van der Waals surface area contributed by atoms with Crippen LogP contribution in [0.3, 0.4) is 0 Å². The van der Waals surface area contributed by atoms with Gasteiger partial charge < -0.3 is 0 Å². The topological polar surface area (TPSA) is 27.4 Å². The molecule has 3 heterocycles. The van der Waals surface area contributed by atoms with Gasteiger partial charge in [0, 0.05) is 12.8 Å². The van der Waals surface area contributed by atoms with Crippen LogP contribution < -0.4 is 5.32 Å². The molecule has 14 heavy (non-hydrogen) atoms. The van der Waals surface area contributed by atoms with Gasteiger partial charge in [-0.3, -0.25) is 9.89 Å². The van der Waals surface area contributed by atoms with Gasteiger partial charge in [0.1, 0.15) is 0 Å². The van der Waals surface area contributed by atoms with E-state index in [0.717, 1.165) is 18.0 Å². The molecule has 3 rings (SSSR count). The van der Waals surface area contributed by atoms with Crippen LogP contribution in [-0.4, -0.2) is 34.4 Å². The molecule has 0 bridgehead atoms. The van der Waals surface area contributed by atoms with Crippen LogP contribution in [0.1, 0.15) is 39.5 Å². The number of aliphatic imine (C=N–C) groups is 1. The first-order chi connectivity index (χ1) is 6.74. The number of hydrogen-bond donors (Lipinski definition) is 1. The lowest BCUT2D eigenvalue weighted by atomic mass is 10.1. The number of nitrogens with one attached hydrogen (secondary N) is 1. The minimum absolute atomic E-state index is 0.597. The van der Waals surface area contributed by atoms with Crippen LogP contribution in [0.15, 0.2) is 4.99 Å². The molecule has 1 saturated heterocycles. The highest BCUT2D eigenvalue weighted by Gasteiger charge is 2.42. The predicted molar refractivity (Wildman–Crippen MR) is 57.0 cm³/mol. The van der Waals surface area contributed by atoms with Crippen molar-refractivity contribution in [2.24, 2.45) is 4.99 Å². The summed E-state index contributed by atoms with van der Waals surface area (Å²) in [6, 6.07) is 2.11. The largest absolute Gasteiger partial charge is 0.387 e. The minimum Gasteiger partial charge on any atom is -0.272 e. The molecule has 0 aromatic rings. The fraction of sp³-hybridized carbons (Fsp3) is 0.818. The Balaban J connectivity index is 2.04. The van der Waals surface area contributed by atoms with Crippen molar-refractivity contribution in [3.05, 3.63) is 0 Å². The van der Waals surface area contributed by atoms with E-state index in [-0.39, 0.29) is 0 Å². The summed E-state index contributed by atoms with van der Waals surface area (Å²) in [5.74, 6) is 1.15. The first-order valence-electron chi connectivity index (χ1n) is 5.70. The lowest BCUT2D eigenvalue weighted by Crippen LogP contribution is -2.51. The third kappa shape index (κ3) is 1.11. The van der Waals surface area contributed by atoms with Gasteiger partial charge in [0.15, 0.2) is 0 Å². The van der Waals surface area contributed by atoms with Crippen molar-refractivity contribution in [2.45, 2.75) is 57.7 Å². The first-order valence-corrected chi connectivity index (χ1v) is 5.70. The fourth-order valence-corrected chi connectivity index (χ4v) is 3.16. The van der Waals surface area contributed by atoms with Crippen LogP contribution in [0.4, 0.5) is 0 Å². The highest BCUT2D eigenvalue weighted by Crippen LogP contribution is 2.29. The summed E-state index contributed by atoms with van der Waals surface area (Å²) in [6.45, 7) is 4.41. The highest BCUT2D eigenvalue weighted by molar-refractivity contribution is 5.95. The van der Waals surface area contributed by atoms with Crippen LogP contribution in [0, 0.1) is 0 Å². The molecule has 3 aliphatic rings. The fourth-order valence-electron chi connectivity index (χ4n) is 3.16. The molecule has 0 radical (unpaired) electrons. The maximum absolute atomic E-state index is 4.64. The van der Waals surface area contributed by atoms with E-state index >= 15 is 0 Å². The Kier molecular flexibility index (Phi) is 1.70. The van der Waals surface area contributed by atoms with E-state index in [4.69, 9.17) is 0 Å². The Labute approximate surface area is 84.9 Å². The third-order valence-electron chi connectivity index (χ3n) is 3.69. The van der Waals surface area contributed by atoms with Crippen LogP contribution in [0.5, 0.6) is 0 Å². The Bertz CT molecular complexity index is 329. The SMILES string of the molecule is CC1=NC2=[N+]3[C@H](CC[C@H]3C1)C[C@H](C)N2. The normalized spacial score (nSPS) is 40.4. The molecular formula is C11H18N3+. The zero-order valence-electron chi connectivity index (χ0n) is 8.95. The molecule has 76 valence electrons. The van der Waals surface area contributed by atoms with E-state index in [2.05, 4.69) is 28.7 Å². The average Bonchev–Trinajstić information content (AvgIpc) is 2.48. The van der Waals surface area contributed by atoms with Gasteiger partial charge in [-0.15, -0.1) is 0 Å². The molecule has 0 aliphatic carbocycles. The molecular weight excluding hydrogens is 174 g/mol. The van der Waals surface area contributed by atoms with Crippen LogP contribution in [-0.2, 0) is 0 Å². The number of guanidine groups is 1. The number of nitrogens with zero attached hydrogens (tertiary/aromatic N) is 2. The summed E-state index contributed by atoms with van der Waals surface area (Å²) in [7, 11) is 0. The molecule has 0 unspecified atom stereocenters. The second-order valence-electron chi connectivity index (χ2n) is 4.95. The van der Waals surface area contributed by atoms with Gasteiger partial charge in [0.2, 0.25) is 0 Å². The Morgan fingerprint density at radius 3 is 3.00 bits per heavy atom. The molecule has 3 heteroatoms. The first kappa shape index (κ1) is 8.45. The van der Waals surface area contributed by atoms with Gasteiger partial charge in [-0.25, -0.2) is 0 Å². The third-order valence-corrected chi connectivity index (χ3v) is 3.69. The van der Waals surface area contributed by atoms with Gasteiger partial charge in [-0.1, -0.05) is 4.99 Å². The second kappa shape index (κ2) is 2.81. The molecule has 0 spiro atoms. The zero-order valence-corrected chi connectivity index (χ0v) is 8.95. The number of hydrogen-bond acceptors (Lipinski definition) is 2. The van der Waals surface area contributed by atoms with Crippen molar-refractivity contribution < 1.29 is 4.58 Å². The van der Waals surface area contributed by atoms with Crippen molar-refractivity contribution in [1.29, 1.82) is 0 Å². The maximum atomic E-state index is 4.64. The van der Waals surface area contributed by atoms with Crippen molar-refractivity contribution in [1.82, 2.24) is 5.32 Å². The van der Waals surface area contributed by atoms with E-state index in [9.17, 15) is 0 Å². The zero-order chi connectivity index (χ0) is 9.71. The molecule has 1 N–H and O–H groups in total. The van der Waals surface area contributed by atoms with Gasteiger partial charge in [-0.05, 0) is 26.7 Å². The van der Waals surface area contributed by atoms with E-state index < -0.39 is 0 Å². The minimum atomic E-state index is 0.597. The van der Waals surface area contributed by atoms with Gasteiger partial charge in [0.25, 0.3) is 0 Å². The Morgan fingerprint density at radius 2 is 2.14 bits per heavy atom. The van der Waals surface area contributed by atoms with E-state index in [1.165, 1.54) is 31.4 Å². The average molecular weight is 192 g/mol. The summed E-state index contributed by atoms with van der Waals surface area (Å²) in [4.78, 5) is 4.64. The summed E-state index contributed by atoms with van der Waals surface area (Å²) in [5.41, 5.74) is 1.29. The number of rotatable bonds is 0. The van der Waals surface area contributed by atoms with Gasteiger partial charge in [-0.2, -0.15) is 0 Å². The highest BCUT2D eigenvalue weighted by atomic mass is 15.3. The molecule has 0 saturated carbocycles. The summed E-state index contributed by atoms with van der Waals surface area (Å²) in [5, 5.41) is 3.50.